The lowest BCUT2D eigenvalue weighted by molar-refractivity contribution is 0.517. The first kappa shape index (κ1) is 12.9. The maximum Gasteiger partial charge on any atom is 0.0905 e. The highest BCUT2D eigenvalue weighted by molar-refractivity contribution is 5.77. The summed E-state index contributed by atoms with van der Waals surface area (Å²) in [6, 6.07) is 0. The molecule has 0 saturated heterocycles. The first-order valence-corrected chi connectivity index (χ1v) is 4.74. The van der Waals surface area contributed by atoms with E-state index in [9.17, 15) is 0 Å². The Kier molecular flexibility index (Phi) is 7.77. The molecule has 8 N–H and O–H groups in total. The van der Waals surface area contributed by atoms with Crippen molar-refractivity contribution >= 4 is 11.7 Å². The van der Waals surface area contributed by atoms with Crippen molar-refractivity contribution in [3.05, 3.63) is 0 Å². The van der Waals surface area contributed by atoms with E-state index >= 15 is 0 Å². The van der Waals surface area contributed by atoms with Crippen LogP contribution in [0.1, 0.15) is 25.7 Å². The van der Waals surface area contributed by atoms with Crippen LogP contribution in [0.25, 0.3) is 0 Å². The highest BCUT2D eigenvalue weighted by atomic mass is 15.3. The van der Waals surface area contributed by atoms with Crippen molar-refractivity contribution in [1.82, 2.24) is 10.9 Å². The van der Waals surface area contributed by atoms with Gasteiger partial charge < -0.3 is 11.5 Å². The molecule has 0 aliphatic heterocycles. The summed E-state index contributed by atoms with van der Waals surface area (Å²) < 4.78 is 0. The molecular weight excluding hydrogens is 180 g/mol. The van der Waals surface area contributed by atoms with Crippen LogP contribution < -0.4 is 22.3 Å². The number of amidine groups is 2. The van der Waals surface area contributed by atoms with Gasteiger partial charge in [-0.25, -0.2) is 0 Å². The maximum atomic E-state index is 6.98. The molecule has 0 radical (unpaired) electrons. The van der Waals surface area contributed by atoms with Gasteiger partial charge in [0.1, 0.15) is 0 Å². The predicted molar refractivity (Wildman–Crippen MR) is 58.3 cm³/mol. The molecule has 0 aromatic carbocycles. The molecule has 0 aliphatic rings. The molecule has 0 bridgehead atoms. The molecule has 14 heavy (non-hydrogen) atoms. The predicted octanol–water partition coefficient (Wildman–Crippen LogP) is -0.487. The van der Waals surface area contributed by atoms with E-state index in [1.54, 1.807) is 0 Å². The lowest BCUT2D eigenvalue weighted by atomic mass is 10.3. The van der Waals surface area contributed by atoms with Gasteiger partial charge in [-0.2, -0.15) is 0 Å². The van der Waals surface area contributed by atoms with Gasteiger partial charge in [-0.15, -0.1) is 0 Å². The normalized spacial score (nSPS) is 10.0. The number of rotatable bonds is 9. The molecule has 0 aromatic rings. The van der Waals surface area contributed by atoms with Gasteiger partial charge in [0.05, 0.1) is 11.7 Å². The minimum absolute atomic E-state index is 0.225. The van der Waals surface area contributed by atoms with Crippen molar-refractivity contribution in [2.24, 2.45) is 11.5 Å². The number of nitrogens with one attached hydrogen (secondary N) is 4. The monoisotopic (exact) mass is 200 g/mol. The molecule has 0 aliphatic carbocycles. The second-order valence-electron chi connectivity index (χ2n) is 3.11. The van der Waals surface area contributed by atoms with Gasteiger partial charge in [0.2, 0.25) is 0 Å². The number of hydrogen-bond donors (Lipinski definition) is 6. The van der Waals surface area contributed by atoms with Crippen LogP contribution in [0.2, 0.25) is 0 Å². The third kappa shape index (κ3) is 10.9. The molecule has 0 atom stereocenters. The Balaban J connectivity index is 2.99. The third-order valence-corrected chi connectivity index (χ3v) is 1.62. The summed E-state index contributed by atoms with van der Waals surface area (Å²) in [5, 5.41) is 14.0. The molecule has 0 saturated carbocycles. The Morgan fingerprint density at radius 2 is 1.21 bits per heavy atom. The second kappa shape index (κ2) is 8.46. The maximum absolute atomic E-state index is 6.98. The van der Waals surface area contributed by atoms with E-state index < -0.39 is 0 Å². The molecule has 6 heteroatoms. The van der Waals surface area contributed by atoms with Crippen LogP contribution in [0.15, 0.2) is 0 Å². The Bertz CT molecular complexity index is 159. The summed E-state index contributed by atoms with van der Waals surface area (Å²) in [5.41, 5.74) is 16.4. The van der Waals surface area contributed by atoms with Crippen LogP contribution in [-0.4, -0.2) is 24.8 Å². The van der Waals surface area contributed by atoms with Crippen molar-refractivity contribution in [3.8, 4) is 0 Å². The molecule has 0 aromatic heterocycles. The van der Waals surface area contributed by atoms with Crippen molar-refractivity contribution < 1.29 is 0 Å². The van der Waals surface area contributed by atoms with Crippen LogP contribution >= 0.6 is 0 Å². The van der Waals surface area contributed by atoms with E-state index in [0.717, 1.165) is 25.9 Å². The summed E-state index contributed by atoms with van der Waals surface area (Å²) in [7, 11) is 0. The fourth-order valence-electron chi connectivity index (χ4n) is 0.911. The second-order valence-corrected chi connectivity index (χ2v) is 3.11. The first-order valence-electron chi connectivity index (χ1n) is 4.74. The minimum Gasteiger partial charge on any atom is -0.388 e. The highest BCUT2D eigenvalue weighted by Crippen LogP contribution is 1.85. The van der Waals surface area contributed by atoms with E-state index in [1.165, 1.54) is 0 Å². The van der Waals surface area contributed by atoms with Crippen molar-refractivity contribution in [2.75, 3.05) is 13.1 Å². The zero-order valence-electron chi connectivity index (χ0n) is 8.40. The quantitative estimate of drug-likeness (QED) is 0.130. The van der Waals surface area contributed by atoms with Crippen LogP contribution in [-0.2, 0) is 0 Å². The van der Waals surface area contributed by atoms with Gasteiger partial charge in [-0.3, -0.25) is 21.7 Å². The highest BCUT2D eigenvalue weighted by Gasteiger charge is 1.91. The summed E-state index contributed by atoms with van der Waals surface area (Å²) in [6.07, 6.45) is 2.97. The molecule has 0 rings (SSSR count). The molecule has 0 unspecified atom stereocenters. The van der Waals surface area contributed by atoms with E-state index in [1.807, 2.05) is 0 Å². The zero-order valence-corrected chi connectivity index (χ0v) is 8.40. The Morgan fingerprint density at radius 1 is 0.857 bits per heavy atom. The van der Waals surface area contributed by atoms with E-state index in [-0.39, 0.29) is 11.7 Å². The van der Waals surface area contributed by atoms with E-state index in [0.29, 0.717) is 12.8 Å². The van der Waals surface area contributed by atoms with Crippen molar-refractivity contribution in [2.45, 2.75) is 25.7 Å². The summed E-state index contributed by atoms with van der Waals surface area (Å²) in [5.74, 6) is 0.451. The molecule has 6 nitrogen and oxygen atoms in total. The van der Waals surface area contributed by atoms with Crippen molar-refractivity contribution in [3.63, 3.8) is 0 Å². The number of hydrazine groups is 1. The number of hydrogen-bond acceptors (Lipinski definition) is 4. The largest absolute Gasteiger partial charge is 0.388 e. The summed E-state index contributed by atoms with van der Waals surface area (Å²) in [6.45, 7) is 1.58. The standard InChI is InChI=1S/C8H20N6/c9-7(10)3-1-5-13-14-6-2-4-8(11)12/h13-14H,1-6H2,(H3,9,10)(H3,11,12). The molecule has 0 heterocycles. The lowest BCUT2D eigenvalue weighted by Crippen LogP contribution is -2.34. The fraction of sp³-hybridized carbons (Fsp3) is 0.750. The molecule has 82 valence electrons. The van der Waals surface area contributed by atoms with E-state index in [2.05, 4.69) is 10.9 Å². The van der Waals surface area contributed by atoms with Crippen LogP contribution in [0.4, 0.5) is 0 Å². The molecule has 0 spiro atoms. The minimum atomic E-state index is 0.225. The Hall–Kier alpha value is -1.14. The molecular formula is C8H20N6. The summed E-state index contributed by atoms with van der Waals surface area (Å²) >= 11 is 0. The van der Waals surface area contributed by atoms with E-state index in [4.69, 9.17) is 22.3 Å². The van der Waals surface area contributed by atoms with Gasteiger partial charge in [0, 0.05) is 25.9 Å². The number of nitrogens with two attached hydrogens (primary N) is 2. The van der Waals surface area contributed by atoms with Gasteiger partial charge in [-0.05, 0) is 12.8 Å². The average Bonchev–Trinajstić information content (AvgIpc) is 2.08. The average molecular weight is 200 g/mol. The van der Waals surface area contributed by atoms with Gasteiger partial charge in [0.25, 0.3) is 0 Å². The SMILES string of the molecule is N=C(N)CCCNNCCCC(=N)N. The zero-order chi connectivity index (χ0) is 10.8. The molecule has 0 fully saturated rings. The Labute approximate surface area is 84.4 Å². The van der Waals surface area contributed by atoms with Crippen LogP contribution in [0, 0.1) is 10.8 Å². The fourth-order valence-corrected chi connectivity index (χ4v) is 0.911. The van der Waals surface area contributed by atoms with Crippen LogP contribution in [0.3, 0.4) is 0 Å². The van der Waals surface area contributed by atoms with Gasteiger partial charge in [0.15, 0.2) is 0 Å². The molecule has 0 amide bonds. The lowest BCUT2D eigenvalue weighted by Gasteiger charge is -2.05. The summed E-state index contributed by atoms with van der Waals surface area (Å²) in [4.78, 5) is 0. The van der Waals surface area contributed by atoms with Crippen molar-refractivity contribution in [1.29, 1.82) is 10.8 Å². The van der Waals surface area contributed by atoms with Gasteiger partial charge >= 0.3 is 0 Å². The topological polar surface area (TPSA) is 124 Å². The smallest absolute Gasteiger partial charge is 0.0905 e. The van der Waals surface area contributed by atoms with Gasteiger partial charge in [-0.1, -0.05) is 0 Å². The first-order chi connectivity index (χ1) is 6.63. The van der Waals surface area contributed by atoms with Crippen LogP contribution in [0.5, 0.6) is 0 Å². The third-order valence-electron chi connectivity index (χ3n) is 1.62. The Morgan fingerprint density at radius 3 is 1.50 bits per heavy atom.